The molecule has 1 saturated heterocycles. The second-order valence-corrected chi connectivity index (χ2v) is 9.08. The predicted octanol–water partition coefficient (Wildman–Crippen LogP) is 4.73. The van der Waals surface area contributed by atoms with Crippen LogP contribution in [-0.4, -0.2) is 49.6 Å². The lowest BCUT2D eigenvalue weighted by molar-refractivity contribution is -0.137. The number of benzene rings is 1. The van der Waals surface area contributed by atoms with E-state index in [0.717, 1.165) is 56.8 Å². The van der Waals surface area contributed by atoms with Gasteiger partial charge >= 0.3 is 6.18 Å². The van der Waals surface area contributed by atoms with Crippen LogP contribution < -0.4 is 10.2 Å². The van der Waals surface area contributed by atoms with Crippen LogP contribution in [0.25, 0.3) is 0 Å². The van der Waals surface area contributed by atoms with Crippen LogP contribution in [0.15, 0.2) is 18.2 Å². The molecule has 1 aliphatic heterocycles. The van der Waals surface area contributed by atoms with Crippen LogP contribution >= 0.6 is 0 Å². The van der Waals surface area contributed by atoms with Gasteiger partial charge in [0.05, 0.1) is 17.3 Å². The van der Waals surface area contributed by atoms with Gasteiger partial charge in [0.25, 0.3) is 0 Å². The van der Waals surface area contributed by atoms with Crippen molar-refractivity contribution in [3.05, 3.63) is 29.6 Å². The first-order valence-corrected chi connectivity index (χ1v) is 11.8. The molecule has 3 rings (SSSR count). The molecule has 0 bridgehead atoms. The average Bonchev–Trinajstić information content (AvgIpc) is 2.79. The second-order valence-electron chi connectivity index (χ2n) is 9.08. The zero-order valence-electron chi connectivity index (χ0n) is 18.8. The van der Waals surface area contributed by atoms with Crippen LogP contribution in [0.3, 0.4) is 0 Å². The maximum atomic E-state index is 14.2. The Balaban J connectivity index is 1.36. The van der Waals surface area contributed by atoms with E-state index >= 15 is 0 Å². The van der Waals surface area contributed by atoms with Crippen LogP contribution in [0.2, 0.25) is 0 Å². The van der Waals surface area contributed by atoms with E-state index in [1.807, 2.05) is 6.07 Å². The second kappa shape index (κ2) is 11.7. The summed E-state index contributed by atoms with van der Waals surface area (Å²) in [5.74, 6) is 0.0184. The molecule has 9 heteroatoms. The standard InChI is InChI=1S/C24H32F4N4O/c25-21-9-6-19(24(26,27)28)17-22(21)32-15-13-31(14-16-32)12-10-18-4-7-20(8-5-18)30-23(33)3-1-2-11-29/h6,9,17-18,20H,1-5,7-8,10,12-16H2,(H,30,33). The third-order valence-corrected chi connectivity index (χ3v) is 6.74. The predicted molar refractivity (Wildman–Crippen MR) is 118 cm³/mol. The number of piperazine rings is 1. The number of halogens is 4. The normalized spacial score (nSPS) is 22.1. The fourth-order valence-electron chi connectivity index (χ4n) is 4.73. The SMILES string of the molecule is N#CCCCC(=O)NC1CCC(CCN2CCN(c3cc(C(F)(F)F)ccc3F)CC2)CC1. The van der Waals surface area contributed by atoms with E-state index in [2.05, 4.69) is 10.2 Å². The van der Waals surface area contributed by atoms with Gasteiger partial charge < -0.3 is 10.2 Å². The molecule has 0 aromatic heterocycles. The summed E-state index contributed by atoms with van der Waals surface area (Å²) in [5.41, 5.74) is -0.798. The van der Waals surface area contributed by atoms with Crippen molar-refractivity contribution in [2.24, 2.45) is 5.92 Å². The molecule has 2 fully saturated rings. The minimum atomic E-state index is -4.48. The lowest BCUT2D eigenvalue weighted by Gasteiger charge is -2.37. The Morgan fingerprint density at radius 2 is 1.82 bits per heavy atom. The molecule has 0 unspecified atom stereocenters. The first-order valence-electron chi connectivity index (χ1n) is 11.8. The summed E-state index contributed by atoms with van der Waals surface area (Å²) in [4.78, 5) is 15.9. The van der Waals surface area contributed by atoms with Crippen molar-refractivity contribution in [1.82, 2.24) is 10.2 Å². The van der Waals surface area contributed by atoms with E-state index in [-0.39, 0.29) is 17.6 Å². The van der Waals surface area contributed by atoms with Crippen LogP contribution in [-0.2, 0) is 11.0 Å². The van der Waals surface area contributed by atoms with E-state index in [9.17, 15) is 22.4 Å². The van der Waals surface area contributed by atoms with Gasteiger partial charge in [0.2, 0.25) is 5.91 Å². The molecule has 0 radical (unpaired) electrons. The van der Waals surface area contributed by atoms with Gasteiger partial charge in [-0.15, -0.1) is 0 Å². The number of alkyl halides is 3. The summed E-state index contributed by atoms with van der Waals surface area (Å²) in [6.07, 6.45) is 2.06. The Kier molecular flexibility index (Phi) is 8.95. The third kappa shape index (κ3) is 7.60. The smallest absolute Gasteiger partial charge is 0.367 e. The number of carbonyl (C=O) groups excluding carboxylic acids is 1. The number of unbranched alkanes of at least 4 members (excludes halogenated alkanes) is 1. The molecule has 1 saturated carbocycles. The van der Waals surface area contributed by atoms with Crippen LogP contribution in [0, 0.1) is 23.1 Å². The fraction of sp³-hybridized carbons (Fsp3) is 0.667. The molecule has 0 spiro atoms. The number of rotatable bonds is 8. The molecule has 1 aromatic rings. The summed E-state index contributed by atoms with van der Waals surface area (Å²) in [5, 5.41) is 11.6. The van der Waals surface area contributed by atoms with Gasteiger partial charge in [-0.05, 0) is 69.2 Å². The molecule has 5 nitrogen and oxygen atoms in total. The van der Waals surface area contributed by atoms with Crippen molar-refractivity contribution in [3.63, 3.8) is 0 Å². The zero-order valence-corrected chi connectivity index (χ0v) is 18.8. The summed E-state index contributed by atoms with van der Waals surface area (Å²) in [6, 6.07) is 4.86. The quantitative estimate of drug-likeness (QED) is 0.443. The molecule has 182 valence electrons. The van der Waals surface area contributed by atoms with Gasteiger partial charge in [0, 0.05) is 45.1 Å². The largest absolute Gasteiger partial charge is 0.416 e. The van der Waals surface area contributed by atoms with Gasteiger partial charge in [0.1, 0.15) is 5.82 Å². The van der Waals surface area contributed by atoms with Crippen molar-refractivity contribution >= 4 is 11.6 Å². The molecule has 1 heterocycles. The Morgan fingerprint density at radius 3 is 2.45 bits per heavy atom. The third-order valence-electron chi connectivity index (χ3n) is 6.74. The molecule has 1 aliphatic carbocycles. The van der Waals surface area contributed by atoms with E-state index < -0.39 is 17.6 Å². The summed E-state index contributed by atoms with van der Waals surface area (Å²) in [7, 11) is 0. The number of nitrogens with one attached hydrogen (secondary N) is 1. The Labute approximate surface area is 192 Å². The van der Waals surface area contributed by atoms with Gasteiger partial charge in [-0.2, -0.15) is 18.4 Å². The molecule has 0 atom stereocenters. The number of carbonyl (C=O) groups is 1. The minimum absolute atomic E-state index is 0.0254. The molecule has 1 N–H and O–H groups in total. The number of anilines is 1. The highest BCUT2D eigenvalue weighted by Gasteiger charge is 2.32. The van der Waals surface area contributed by atoms with Gasteiger partial charge in [-0.1, -0.05) is 0 Å². The molecule has 1 aromatic carbocycles. The molecule has 33 heavy (non-hydrogen) atoms. The molecule has 2 aliphatic rings. The molecular weight excluding hydrogens is 436 g/mol. The number of hydrogen-bond acceptors (Lipinski definition) is 4. The highest BCUT2D eigenvalue weighted by atomic mass is 19.4. The zero-order chi connectivity index (χ0) is 23.8. The van der Waals surface area contributed by atoms with E-state index in [0.29, 0.717) is 51.4 Å². The molecule has 1 amide bonds. The number of nitrogens with zero attached hydrogens (tertiary/aromatic N) is 3. The number of amides is 1. The summed E-state index contributed by atoms with van der Waals surface area (Å²) in [6.45, 7) is 3.33. The monoisotopic (exact) mass is 468 g/mol. The Bertz CT molecular complexity index is 823. The van der Waals surface area contributed by atoms with E-state index in [1.54, 1.807) is 4.90 Å². The minimum Gasteiger partial charge on any atom is -0.367 e. The lowest BCUT2D eigenvalue weighted by atomic mass is 9.84. The van der Waals surface area contributed by atoms with Crippen molar-refractivity contribution in [3.8, 4) is 6.07 Å². The fourth-order valence-corrected chi connectivity index (χ4v) is 4.73. The van der Waals surface area contributed by atoms with Gasteiger partial charge in [0.15, 0.2) is 0 Å². The van der Waals surface area contributed by atoms with Crippen molar-refractivity contribution in [1.29, 1.82) is 5.26 Å². The topological polar surface area (TPSA) is 59.4 Å². The van der Waals surface area contributed by atoms with Crippen LogP contribution in [0.4, 0.5) is 23.2 Å². The Hall–Kier alpha value is -2.34. The van der Waals surface area contributed by atoms with E-state index in [1.165, 1.54) is 0 Å². The summed E-state index contributed by atoms with van der Waals surface area (Å²) < 4.78 is 53.1. The lowest BCUT2D eigenvalue weighted by Crippen LogP contribution is -2.47. The van der Waals surface area contributed by atoms with Crippen LogP contribution in [0.5, 0.6) is 0 Å². The molecular formula is C24H32F4N4O. The highest BCUT2D eigenvalue weighted by molar-refractivity contribution is 5.76. The van der Waals surface area contributed by atoms with Crippen molar-refractivity contribution in [2.45, 2.75) is 63.6 Å². The maximum Gasteiger partial charge on any atom is 0.416 e. The van der Waals surface area contributed by atoms with Gasteiger partial charge in [-0.3, -0.25) is 9.69 Å². The first-order chi connectivity index (χ1) is 15.8. The first kappa shape index (κ1) is 25.3. The van der Waals surface area contributed by atoms with Crippen molar-refractivity contribution < 1.29 is 22.4 Å². The Morgan fingerprint density at radius 1 is 1.12 bits per heavy atom. The summed E-state index contributed by atoms with van der Waals surface area (Å²) >= 11 is 0. The number of nitriles is 1. The highest BCUT2D eigenvalue weighted by Crippen LogP contribution is 2.33. The number of hydrogen-bond donors (Lipinski definition) is 1. The van der Waals surface area contributed by atoms with Crippen LogP contribution in [0.1, 0.15) is 56.9 Å². The van der Waals surface area contributed by atoms with E-state index in [4.69, 9.17) is 5.26 Å². The van der Waals surface area contributed by atoms with Crippen molar-refractivity contribution in [2.75, 3.05) is 37.6 Å². The maximum absolute atomic E-state index is 14.2. The van der Waals surface area contributed by atoms with Gasteiger partial charge in [-0.25, -0.2) is 4.39 Å². The average molecular weight is 469 g/mol.